The van der Waals surface area contributed by atoms with Crippen LogP contribution in [0.3, 0.4) is 0 Å². The van der Waals surface area contributed by atoms with Crippen LogP contribution in [0.2, 0.25) is 18.8 Å². The Hall–Kier alpha value is -1.11. The molecule has 0 heterocycles. The molecule has 1 aliphatic rings. The summed E-state index contributed by atoms with van der Waals surface area (Å²) in [6.45, 7) is 4.50. The number of hydrogen-bond donors (Lipinski definition) is 0. The van der Waals surface area contributed by atoms with E-state index in [0.717, 1.165) is 16.8 Å². The Morgan fingerprint density at radius 1 is 1.16 bits per heavy atom. The van der Waals surface area contributed by atoms with Crippen LogP contribution in [0.5, 0.6) is 0 Å². The number of non-ortho nitro benzene ring substituents is 1. The van der Waals surface area contributed by atoms with Gasteiger partial charge < -0.3 is 0 Å². The fraction of sp³-hybridized carbons (Fsp3) is 0.632. The molecule has 0 bridgehead atoms. The number of nitro groups is 1. The number of carbonyl (C=O) groups is 1. The zero-order valence-corrected chi connectivity index (χ0v) is 18.7. The van der Waals surface area contributed by atoms with Crippen molar-refractivity contribution in [1.29, 1.82) is 0 Å². The fourth-order valence-electron chi connectivity index (χ4n) is 3.60. The van der Waals surface area contributed by atoms with Crippen LogP contribution in [0.4, 0.5) is 5.69 Å². The molecule has 3 atom stereocenters. The molecule has 0 spiro atoms. The summed E-state index contributed by atoms with van der Waals surface area (Å²) in [4.78, 5) is 30.1. The van der Waals surface area contributed by atoms with Crippen molar-refractivity contribution in [3.8, 4) is 0 Å². The average molecular weight is 454 g/mol. The zero-order valence-electron chi connectivity index (χ0n) is 15.8. The summed E-state index contributed by atoms with van der Waals surface area (Å²) in [5, 5.41) is 10.7. The van der Waals surface area contributed by atoms with Gasteiger partial charge in [-0.05, 0) is 0 Å². The van der Waals surface area contributed by atoms with Gasteiger partial charge in [-0.25, -0.2) is 0 Å². The zero-order chi connectivity index (χ0) is 18.8. The summed E-state index contributed by atoms with van der Waals surface area (Å²) in [7, 11) is 0. The van der Waals surface area contributed by atoms with Crippen molar-refractivity contribution in [2.24, 2.45) is 11.8 Å². The predicted octanol–water partition coefficient (Wildman–Crippen LogP) is 5.28. The van der Waals surface area contributed by atoms with Crippen molar-refractivity contribution < 1.29 is 14.5 Å². The summed E-state index contributed by atoms with van der Waals surface area (Å²) in [5.41, 5.74) is 0.365. The molecule has 25 heavy (non-hydrogen) atoms. The molecule has 138 valence electrons. The number of nitro benzene ring substituents is 1. The van der Waals surface area contributed by atoms with E-state index < -0.39 is 23.3 Å². The van der Waals surface area contributed by atoms with Gasteiger partial charge in [-0.1, -0.05) is 0 Å². The summed E-state index contributed by atoms with van der Waals surface area (Å²) < 4.78 is 6.54. The minimum absolute atomic E-state index is 0.0176. The quantitative estimate of drug-likeness (QED) is 0.263. The summed E-state index contributed by atoms with van der Waals surface area (Å²) in [6, 6.07) is 5.65. The third kappa shape index (κ3) is 5.43. The summed E-state index contributed by atoms with van der Waals surface area (Å²) >= 11 is -2.06. The Kier molecular flexibility index (Phi) is 6.51. The average Bonchev–Trinajstić information content (AvgIpc) is 2.53. The van der Waals surface area contributed by atoms with E-state index in [-0.39, 0.29) is 17.8 Å². The van der Waals surface area contributed by atoms with E-state index in [1.165, 1.54) is 30.7 Å². The number of rotatable bonds is 5. The van der Waals surface area contributed by atoms with E-state index in [9.17, 15) is 14.9 Å². The maximum atomic E-state index is 12.5. The van der Waals surface area contributed by atoms with E-state index in [1.54, 1.807) is 0 Å². The van der Waals surface area contributed by atoms with Gasteiger partial charge in [-0.3, -0.25) is 0 Å². The second kappa shape index (κ2) is 8.06. The molecule has 0 saturated heterocycles. The number of ether oxygens (including phenoxy) is 1. The van der Waals surface area contributed by atoms with Crippen molar-refractivity contribution in [3.63, 3.8) is 0 Å². The normalized spacial score (nSPS) is 24.2. The van der Waals surface area contributed by atoms with Gasteiger partial charge in [0.1, 0.15) is 0 Å². The third-order valence-electron chi connectivity index (χ3n) is 5.46. The predicted molar refractivity (Wildman–Crippen MR) is 102 cm³/mol. The van der Waals surface area contributed by atoms with Gasteiger partial charge in [-0.2, -0.15) is 0 Å². The summed E-state index contributed by atoms with van der Waals surface area (Å²) in [6.07, 6.45) is 3.13. The Bertz CT molecular complexity index is 621. The summed E-state index contributed by atoms with van der Waals surface area (Å²) in [5.74, 6) is 0.827. The van der Waals surface area contributed by atoms with Gasteiger partial charge in [0, 0.05) is 0 Å². The Labute approximate surface area is 154 Å². The molecule has 1 aliphatic carbocycles. The molecule has 1 saturated carbocycles. The topological polar surface area (TPSA) is 69.4 Å². The molecular weight excluding hydrogens is 425 g/mol. The first-order chi connectivity index (χ1) is 11.6. The number of nitrogens with zero attached hydrogens (tertiary/aromatic N) is 1. The van der Waals surface area contributed by atoms with Gasteiger partial charge in [0.15, 0.2) is 0 Å². The SMILES string of the molecule is CC(C)[C@@H]1C[C@H](OC(=O)c2ccc([N+](=O)[O-])cc2)C[C@H]([Sn]([CH3])([CH3])[CH3])C1. The van der Waals surface area contributed by atoms with Crippen LogP contribution >= 0.6 is 0 Å². The molecule has 6 heteroatoms. The third-order valence-corrected chi connectivity index (χ3v) is 13.8. The molecule has 1 fully saturated rings. The van der Waals surface area contributed by atoms with Gasteiger partial charge >= 0.3 is 154 Å². The van der Waals surface area contributed by atoms with Gasteiger partial charge in [0.25, 0.3) is 0 Å². The van der Waals surface area contributed by atoms with Crippen molar-refractivity contribution in [1.82, 2.24) is 0 Å². The Morgan fingerprint density at radius 3 is 2.24 bits per heavy atom. The Morgan fingerprint density at radius 2 is 1.76 bits per heavy atom. The number of carbonyl (C=O) groups excluding carboxylic acids is 1. The monoisotopic (exact) mass is 455 g/mol. The first-order valence-corrected chi connectivity index (χ1v) is 19.2. The van der Waals surface area contributed by atoms with Crippen molar-refractivity contribution >= 4 is 30.0 Å². The van der Waals surface area contributed by atoms with Gasteiger partial charge in [-0.15, -0.1) is 0 Å². The molecule has 2 rings (SSSR count). The van der Waals surface area contributed by atoms with E-state index in [4.69, 9.17) is 4.74 Å². The second-order valence-corrected chi connectivity index (χ2v) is 24.4. The first-order valence-electron chi connectivity index (χ1n) is 9.03. The van der Waals surface area contributed by atoms with Crippen LogP contribution in [0.1, 0.15) is 43.5 Å². The second-order valence-electron chi connectivity index (χ2n) is 8.61. The molecule has 5 nitrogen and oxygen atoms in total. The molecule has 0 aromatic heterocycles. The molecule has 0 radical (unpaired) electrons. The van der Waals surface area contributed by atoms with Crippen LogP contribution in [0, 0.1) is 22.0 Å². The van der Waals surface area contributed by atoms with E-state index in [1.807, 2.05) is 0 Å². The van der Waals surface area contributed by atoms with Crippen LogP contribution in [-0.4, -0.2) is 35.4 Å². The molecule has 1 aromatic rings. The molecule has 0 amide bonds. The van der Waals surface area contributed by atoms with E-state index >= 15 is 0 Å². The first kappa shape index (κ1) is 20.2. The number of esters is 1. The van der Waals surface area contributed by atoms with Crippen molar-refractivity contribution in [3.05, 3.63) is 39.9 Å². The number of benzene rings is 1. The van der Waals surface area contributed by atoms with Crippen molar-refractivity contribution in [2.45, 2.75) is 58.0 Å². The molecular formula is C19H29NO4Sn. The van der Waals surface area contributed by atoms with E-state index in [0.29, 0.717) is 17.4 Å². The van der Waals surface area contributed by atoms with Crippen LogP contribution in [-0.2, 0) is 4.74 Å². The fourth-order valence-corrected chi connectivity index (χ4v) is 9.25. The van der Waals surface area contributed by atoms with Crippen LogP contribution in [0.15, 0.2) is 24.3 Å². The van der Waals surface area contributed by atoms with Gasteiger partial charge in [0.05, 0.1) is 0 Å². The molecule has 0 N–H and O–H groups in total. The standard InChI is InChI=1S/C16H20NO4.3CH3.Sn/c1-11(2)13-4-3-5-15(10-13)21-16(18)12-6-8-14(9-7-12)17(19)20;;;;/h3,6-9,11,13,15H,4-5,10H2,1-2H3;3*1H3;/t13-,15+;;;;/m0..../s1. The van der Waals surface area contributed by atoms with Crippen LogP contribution < -0.4 is 0 Å². The minimum atomic E-state index is -2.06. The van der Waals surface area contributed by atoms with E-state index in [2.05, 4.69) is 28.7 Å². The molecule has 1 aromatic carbocycles. The van der Waals surface area contributed by atoms with Gasteiger partial charge in [0.2, 0.25) is 0 Å². The van der Waals surface area contributed by atoms with Crippen LogP contribution in [0.25, 0.3) is 0 Å². The maximum absolute atomic E-state index is 12.5. The molecule has 0 unspecified atom stereocenters. The van der Waals surface area contributed by atoms with Crippen molar-refractivity contribution in [2.75, 3.05) is 0 Å². The Balaban J connectivity index is 2.08. The molecule has 0 aliphatic heterocycles. The number of hydrogen-bond acceptors (Lipinski definition) is 4.